The van der Waals surface area contributed by atoms with Crippen molar-refractivity contribution in [2.45, 2.75) is 52.9 Å². The number of hydrogen-bond donors (Lipinski definition) is 0. The second-order valence-corrected chi connectivity index (χ2v) is 6.28. The molecule has 1 nitrogen and oxygen atoms in total. The molecule has 0 aliphatic heterocycles. The van der Waals surface area contributed by atoms with Crippen molar-refractivity contribution in [1.29, 1.82) is 0 Å². The van der Waals surface area contributed by atoms with Gasteiger partial charge in [0.1, 0.15) is 5.76 Å². The molecule has 1 aromatic rings. The Bertz CT molecular complexity index is 386. The van der Waals surface area contributed by atoms with Gasteiger partial charge in [-0.2, -0.15) is 0 Å². The molecule has 0 N–H and O–H groups in total. The molecule has 1 aliphatic carbocycles. The third kappa shape index (κ3) is 3.07. The molecule has 1 heterocycles. The molecule has 1 heteroatoms. The van der Waals surface area contributed by atoms with Crippen LogP contribution in [0.4, 0.5) is 0 Å². The molecule has 0 bridgehead atoms. The summed E-state index contributed by atoms with van der Waals surface area (Å²) >= 11 is 0. The fraction of sp³-hybridized carbons (Fsp3) is 0.647. The summed E-state index contributed by atoms with van der Waals surface area (Å²) in [5.41, 5.74) is 1.66. The highest BCUT2D eigenvalue weighted by Crippen LogP contribution is 2.39. The van der Waals surface area contributed by atoms with Gasteiger partial charge in [0.2, 0.25) is 0 Å². The summed E-state index contributed by atoms with van der Waals surface area (Å²) in [6, 6.07) is 4.06. The van der Waals surface area contributed by atoms with Crippen molar-refractivity contribution in [3.8, 4) is 0 Å². The van der Waals surface area contributed by atoms with Crippen LogP contribution in [0.1, 0.15) is 58.6 Å². The molecule has 0 spiro atoms. The van der Waals surface area contributed by atoms with Gasteiger partial charge < -0.3 is 4.42 Å². The standard InChI is InChI=1S/C17H26O/c1-12(2)16-8-7-13(3)10-15(16)11-14(4)17-6-5-9-18-17/h5-6,9,11-14,16H,7-8,10H2,1-4H3/b15-11+/t13-,14-,16+/m1/s1. The van der Waals surface area contributed by atoms with E-state index in [0.717, 1.165) is 23.5 Å². The van der Waals surface area contributed by atoms with Gasteiger partial charge in [0.05, 0.1) is 6.26 Å². The van der Waals surface area contributed by atoms with Crippen LogP contribution in [-0.4, -0.2) is 0 Å². The molecule has 0 amide bonds. The largest absolute Gasteiger partial charge is 0.469 e. The summed E-state index contributed by atoms with van der Waals surface area (Å²) in [5.74, 6) is 3.87. The molecule has 100 valence electrons. The van der Waals surface area contributed by atoms with Crippen LogP contribution in [0.2, 0.25) is 0 Å². The Labute approximate surface area is 111 Å². The minimum absolute atomic E-state index is 0.404. The molecular formula is C17H26O. The van der Waals surface area contributed by atoms with Gasteiger partial charge in [0.15, 0.2) is 0 Å². The Morgan fingerprint density at radius 1 is 1.28 bits per heavy atom. The molecule has 0 saturated heterocycles. The molecule has 1 aromatic heterocycles. The van der Waals surface area contributed by atoms with Crippen molar-refractivity contribution < 1.29 is 4.42 Å². The van der Waals surface area contributed by atoms with Gasteiger partial charge >= 0.3 is 0 Å². The molecule has 18 heavy (non-hydrogen) atoms. The van der Waals surface area contributed by atoms with Crippen LogP contribution in [0.3, 0.4) is 0 Å². The van der Waals surface area contributed by atoms with Crippen LogP contribution in [0.15, 0.2) is 34.5 Å². The van der Waals surface area contributed by atoms with Crippen LogP contribution in [0.5, 0.6) is 0 Å². The summed E-state index contributed by atoms with van der Waals surface area (Å²) in [6.45, 7) is 9.32. The first-order chi connectivity index (χ1) is 8.58. The Morgan fingerprint density at radius 3 is 2.67 bits per heavy atom. The van der Waals surface area contributed by atoms with Gasteiger partial charge in [-0.25, -0.2) is 0 Å². The van der Waals surface area contributed by atoms with E-state index >= 15 is 0 Å². The highest BCUT2D eigenvalue weighted by Gasteiger charge is 2.26. The van der Waals surface area contributed by atoms with Gasteiger partial charge in [0.25, 0.3) is 0 Å². The summed E-state index contributed by atoms with van der Waals surface area (Å²) in [7, 11) is 0. The maximum Gasteiger partial charge on any atom is 0.110 e. The molecule has 1 fully saturated rings. The quantitative estimate of drug-likeness (QED) is 0.651. The zero-order chi connectivity index (χ0) is 13.1. The summed E-state index contributed by atoms with van der Waals surface area (Å²) in [4.78, 5) is 0. The first-order valence-corrected chi connectivity index (χ1v) is 7.32. The third-order valence-corrected chi connectivity index (χ3v) is 4.29. The lowest BCUT2D eigenvalue weighted by Crippen LogP contribution is -2.20. The first kappa shape index (κ1) is 13.5. The smallest absolute Gasteiger partial charge is 0.110 e. The Balaban J connectivity index is 2.16. The number of allylic oxidation sites excluding steroid dienone is 2. The monoisotopic (exact) mass is 246 g/mol. The molecule has 3 atom stereocenters. The van der Waals surface area contributed by atoms with Crippen molar-refractivity contribution in [3.63, 3.8) is 0 Å². The average molecular weight is 246 g/mol. The van der Waals surface area contributed by atoms with Crippen molar-refractivity contribution in [2.75, 3.05) is 0 Å². The van der Waals surface area contributed by atoms with Gasteiger partial charge in [0, 0.05) is 5.92 Å². The number of rotatable bonds is 3. The molecule has 1 aliphatic rings. The van der Waals surface area contributed by atoms with Crippen LogP contribution >= 0.6 is 0 Å². The lowest BCUT2D eigenvalue weighted by molar-refractivity contribution is 0.306. The Hall–Kier alpha value is -0.980. The molecular weight excluding hydrogens is 220 g/mol. The summed E-state index contributed by atoms with van der Waals surface area (Å²) in [5, 5.41) is 0. The van der Waals surface area contributed by atoms with Gasteiger partial charge in [-0.3, -0.25) is 0 Å². The Morgan fingerprint density at radius 2 is 2.06 bits per heavy atom. The normalized spacial score (nSPS) is 28.8. The van der Waals surface area contributed by atoms with E-state index < -0.39 is 0 Å². The number of furan rings is 1. The molecule has 0 unspecified atom stereocenters. The highest BCUT2D eigenvalue weighted by molar-refractivity contribution is 5.19. The summed E-state index contributed by atoms with van der Waals surface area (Å²) in [6.07, 6.45) is 8.24. The van der Waals surface area contributed by atoms with Crippen molar-refractivity contribution in [1.82, 2.24) is 0 Å². The Kier molecular flexibility index (Phi) is 4.31. The number of hydrogen-bond acceptors (Lipinski definition) is 1. The topological polar surface area (TPSA) is 13.1 Å². The molecule has 0 aromatic carbocycles. The minimum atomic E-state index is 0.404. The minimum Gasteiger partial charge on any atom is -0.469 e. The first-order valence-electron chi connectivity index (χ1n) is 7.32. The van der Waals surface area contributed by atoms with Gasteiger partial charge in [-0.15, -0.1) is 0 Å². The van der Waals surface area contributed by atoms with E-state index in [4.69, 9.17) is 4.42 Å². The maximum atomic E-state index is 5.51. The van der Waals surface area contributed by atoms with Gasteiger partial charge in [-0.1, -0.05) is 39.3 Å². The second-order valence-electron chi connectivity index (χ2n) is 6.28. The van der Waals surface area contributed by atoms with E-state index in [2.05, 4.69) is 39.8 Å². The van der Waals surface area contributed by atoms with E-state index in [1.165, 1.54) is 19.3 Å². The lowest BCUT2D eigenvalue weighted by atomic mass is 9.73. The van der Waals surface area contributed by atoms with Crippen molar-refractivity contribution in [3.05, 3.63) is 35.8 Å². The van der Waals surface area contributed by atoms with E-state index in [1.54, 1.807) is 11.8 Å². The fourth-order valence-electron chi connectivity index (χ4n) is 3.21. The highest BCUT2D eigenvalue weighted by atomic mass is 16.3. The van der Waals surface area contributed by atoms with Crippen molar-refractivity contribution >= 4 is 0 Å². The zero-order valence-corrected chi connectivity index (χ0v) is 12.1. The van der Waals surface area contributed by atoms with Crippen LogP contribution in [0, 0.1) is 17.8 Å². The van der Waals surface area contributed by atoms with E-state index in [9.17, 15) is 0 Å². The molecule has 2 rings (SSSR count). The fourth-order valence-corrected chi connectivity index (χ4v) is 3.21. The van der Waals surface area contributed by atoms with Crippen molar-refractivity contribution in [2.24, 2.45) is 17.8 Å². The maximum absolute atomic E-state index is 5.51. The van der Waals surface area contributed by atoms with E-state index in [-0.39, 0.29) is 0 Å². The van der Waals surface area contributed by atoms with E-state index in [0.29, 0.717) is 5.92 Å². The SMILES string of the molecule is CC(C)[C@@H]1CC[C@@H](C)C/C1=C\[C@@H](C)c1ccco1. The lowest BCUT2D eigenvalue weighted by Gasteiger charge is -2.33. The molecule has 1 saturated carbocycles. The molecule has 0 radical (unpaired) electrons. The van der Waals surface area contributed by atoms with Crippen LogP contribution < -0.4 is 0 Å². The van der Waals surface area contributed by atoms with Crippen LogP contribution in [0.25, 0.3) is 0 Å². The third-order valence-electron chi connectivity index (χ3n) is 4.29. The average Bonchev–Trinajstić information content (AvgIpc) is 2.81. The van der Waals surface area contributed by atoms with E-state index in [1.807, 2.05) is 6.07 Å². The van der Waals surface area contributed by atoms with Crippen LogP contribution in [-0.2, 0) is 0 Å². The van der Waals surface area contributed by atoms with Gasteiger partial charge in [-0.05, 0) is 49.1 Å². The predicted molar refractivity (Wildman–Crippen MR) is 76.5 cm³/mol. The second kappa shape index (κ2) is 5.77. The zero-order valence-electron chi connectivity index (χ0n) is 12.1. The summed E-state index contributed by atoms with van der Waals surface area (Å²) < 4.78 is 5.51. The predicted octanol–water partition coefficient (Wildman–Crippen LogP) is 5.40.